The number of imidazole rings is 1. The molecule has 2 amide bonds. The Morgan fingerprint density at radius 1 is 1.04 bits per heavy atom. The number of hydrogen-bond donors (Lipinski definition) is 10. The summed E-state index contributed by atoms with van der Waals surface area (Å²) in [6, 6.07) is 0. The van der Waals surface area contributed by atoms with E-state index in [2.05, 4.69) is 34.4 Å². The first kappa shape index (κ1) is 48.9. The number of rotatable bonds is 24. The number of hydrogen-bond acceptors (Lipinski definition) is 19. The van der Waals surface area contributed by atoms with Crippen molar-refractivity contribution < 1.29 is 85.6 Å². The quantitative estimate of drug-likeness (QED) is 0.0473. The summed E-state index contributed by atoms with van der Waals surface area (Å²) in [7, 11) is -16.4. The number of anilines is 1. The standard InChI is InChI=1S/C28H48N7O18P3S/c1-4-16(36)6-5-7-19(38)57-11-10-30-18(37)8-9-31-26(41)23(40)28(2,3)13-50-56(47,48)53-55(45,46)49-12-17-22(52-54(42,43)44)21(39)27(51-17)35-15-34-20-24(29)32-14-33-25(20)35/h14-17,21-23,27,36,39-40H,4-13H2,1-3H3,(H,30,37)(H,31,41)(H,45,46)(H,47,48)(H2,29,32,33)(H2,42,43,44). The number of carbonyl (C=O) groups is 3. The maximum Gasteiger partial charge on any atom is 0.481 e. The first-order valence-electron chi connectivity index (χ1n) is 17.2. The summed E-state index contributed by atoms with van der Waals surface area (Å²) in [4.78, 5) is 87.5. The molecule has 0 saturated carbocycles. The van der Waals surface area contributed by atoms with E-state index in [9.17, 15) is 63.0 Å². The number of carbonyl (C=O) groups excluding carboxylic acids is 3. The highest BCUT2D eigenvalue weighted by Crippen LogP contribution is 2.61. The van der Waals surface area contributed by atoms with Gasteiger partial charge in [-0.3, -0.25) is 32.5 Å². The van der Waals surface area contributed by atoms with Gasteiger partial charge in [-0.1, -0.05) is 32.5 Å². The Morgan fingerprint density at radius 2 is 1.72 bits per heavy atom. The van der Waals surface area contributed by atoms with Crippen LogP contribution in [0.25, 0.3) is 11.2 Å². The van der Waals surface area contributed by atoms with E-state index < -0.39 is 90.7 Å². The number of nitrogens with two attached hydrogens (primary N) is 1. The van der Waals surface area contributed by atoms with Crippen LogP contribution in [-0.2, 0) is 50.7 Å². The van der Waals surface area contributed by atoms with E-state index >= 15 is 0 Å². The molecule has 0 aliphatic carbocycles. The number of fused-ring (bicyclic) bond motifs is 1. The Bertz CT molecular complexity index is 1830. The molecule has 0 spiro atoms. The minimum absolute atomic E-state index is 0.0274. The third-order valence-corrected chi connectivity index (χ3v) is 12.2. The van der Waals surface area contributed by atoms with E-state index in [4.69, 9.17) is 19.5 Å². The van der Waals surface area contributed by atoms with Gasteiger partial charge in [0.2, 0.25) is 11.8 Å². The van der Waals surface area contributed by atoms with Crippen LogP contribution in [0, 0.1) is 5.41 Å². The van der Waals surface area contributed by atoms with Gasteiger partial charge in [0.1, 0.15) is 36.3 Å². The molecule has 1 saturated heterocycles. The Kier molecular flexibility index (Phi) is 18.2. The lowest BCUT2D eigenvalue weighted by atomic mass is 9.87. The van der Waals surface area contributed by atoms with Crippen LogP contribution in [0.2, 0.25) is 0 Å². The number of aliphatic hydroxyl groups excluding tert-OH is 3. The molecule has 2 aromatic heterocycles. The number of ether oxygens (including phenoxy) is 1. The molecule has 1 fully saturated rings. The average molecular weight is 896 g/mol. The molecule has 3 heterocycles. The summed E-state index contributed by atoms with van der Waals surface area (Å²) in [6.07, 6.45) is -5.39. The van der Waals surface area contributed by atoms with Gasteiger partial charge in [-0.05, 0) is 19.3 Å². The number of aromatic nitrogens is 4. The molecule has 57 heavy (non-hydrogen) atoms. The first-order chi connectivity index (χ1) is 26.4. The van der Waals surface area contributed by atoms with Gasteiger partial charge in [0.15, 0.2) is 22.8 Å². The lowest BCUT2D eigenvalue weighted by Crippen LogP contribution is -2.46. The minimum atomic E-state index is -5.57. The van der Waals surface area contributed by atoms with Crippen LogP contribution in [0.4, 0.5) is 5.82 Å². The van der Waals surface area contributed by atoms with Gasteiger partial charge in [-0.25, -0.2) is 28.6 Å². The van der Waals surface area contributed by atoms with Crippen molar-refractivity contribution in [2.24, 2.45) is 5.41 Å². The fourth-order valence-corrected chi connectivity index (χ4v) is 8.60. The number of aliphatic hydroxyl groups is 3. The van der Waals surface area contributed by atoms with Crippen LogP contribution >= 0.6 is 35.2 Å². The summed E-state index contributed by atoms with van der Waals surface area (Å²) in [6.45, 7) is 2.28. The van der Waals surface area contributed by atoms with Crippen molar-refractivity contribution in [3.05, 3.63) is 12.7 Å². The van der Waals surface area contributed by atoms with Gasteiger partial charge in [-0.2, -0.15) is 4.31 Å². The number of amides is 2. The number of phosphoric acid groups is 3. The minimum Gasteiger partial charge on any atom is -0.393 e. The van der Waals surface area contributed by atoms with Crippen LogP contribution in [0.1, 0.15) is 59.1 Å². The summed E-state index contributed by atoms with van der Waals surface area (Å²) >= 11 is 1.05. The lowest BCUT2D eigenvalue weighted by molar-refractivity contribution is -0.137. The molecular weight excluding hydrogens is 847 g/mol. The van der Waals surface area contributed by atoms with Crippen LogP contribution in [0.15, 0.2) is 12.7 Å². The maximum atomic E-state index is 12.7. The monoisotopic (exact) mass is 895 g/mol. The number of phosphoric ester groups is 3. The fourth-order valence-electron chi connectivity index (χ4n) is 5.05. The van der Waals surface area contributed by atoms with E-state index in [1.54, 1.807) is 0 Å². The van der Waals surface area contributed by atoms with Crippen molar-refractivity contribution in [3.8, 4) is 0 Å². The van der Waals surface area contributed by atoms with Crippen molar-refractivity contribution in [1.29, 1.82) is 0 Å². The molecule has 3 rings (SSSR count). The summed E-state index contributed by atoms with van der Waals surface area (Å²) in [5.41, 5.74) is 4.25. The van der Waals surface area contributed by atoms with Gasteiger partial charge in [-0.15, -0.1) is 0 Å². The molecule has 29 heteroatoms. The fraction of sp³-hybridized carbons (Fsp3) is 0.714. The van der Waals surface area contributed by atoms with Gasteiger partial charge in [0, 0.05) is 37.1 Å². The number of thioether (sulfide) groups is 1. The third-order valence-electron chi connectivity index (χ3n) is 8.15. The van der Waals surface area contributed by atoms with E-state index in [0.717, 1.165) is 29.0 Å². The Balaban J connectivity index is 1.46. The lowest BCUT2D eigenvalue weighted by Gasteiger charge is -2.30. The number of nitrogen functional groups attached to an aromatic ring is 1. The van der Waals surface area contributed by atoms with E-state index in [-0.39, 0.29) is 41.6 Å². The van der Waals surface area contributed by atoms with Gasteiger partial charge in [0.05, 0.1) is 25.6 Å². The molecule has 25 nitrogen and oxygen atoms in total. The second-order valence-corrected chi connectivity index (χ2v) is 18.6. The number of nitrogens with zero attached hydrogens (tertiary/aromatic N) is 4. The molecule has 1 aliphatic rings. The zero-order valence-corrected chi connectivity index (χ0v) is 34.4. The Morgan fingerprint density at radius 3 is 2.39 bits per heavy atom. The normalized spacial score (nSPS) is 22.1. The summed E-state index contributed by atoms with van der Waals surface area (Å²) < 4.78 is 62.1. The molecule has 324 valence electrons. The third kappa shape index (κ3) is 15.6. The van der Waals surface area contributed by atoms with E-state index in [0.29, 0.717) is 31.4 Å². The zero-order chi connectivity index (χ0) is 42.8. The molecule has 2 aromatic rings. The Hall–Kier alpha value is -2.48. The zero-order valence-electron chi connectivity index (χ0n) is 30.9. The van der Waals surface area contributed by atoms with Crippen LogP contribution in [-0.4, -0.2) is 134 Å². The summed E-state index contributed by atoms with van der Waals surface area (Å²) in [5.74, 6) is -1.16. The first-order valence-corrected chi connectivity index (χ1v) is 22.7. The average Bonchev–Trinajstić information content (AvgIpc) is 3.68. The molecule has 0 aromatic carbocycles. The maximum absolute atomic E-state index is 12.7. The van der Waals surface area contributed by atoms with Gasteiger partial charge < -0.3 is 56.0 Å². The SMILES string of the molecule is CCC(O)CCCC(=O)SCCNC(=O)CCNC(=O)C(O)C(C)(C)COP(=O)(O)OP(=O)(O)OCC1OC(n2cnc3c(N)ncnc32)C(O)C1OP(=O)(O)O. The van der Waals surface area contributed by atoms with E-state index in [1.807, 2.05) is 6.92 Å². The molecule has 1 aliphatic heterocycles. The number of nitrogens with one attached hydrogen (secondary N) is 2. The predicted molar refractivity (Wildman–Crippen MR) is 197 cm³/mol. The van der Waals surface area contributed by atoms with Crippen LogP contribution in [0.5, 0.6) is 0 Å². The second-order valence-electron chi connectivity index (χ2n) is 13.2. The smallest absolute Gasteiger partial charge is 0.393 e. The van der Waals surface area contributed by atoms with E-state index in [1.165, 1.54) is 13.8 Å². The van der Waals surface area contributed by atoms with Crippen molar-refractivity contribution in [2.45, 2.75) is 89.6 Å². The van der Waals surface area contributed by atoms with Crippen molar-refractivity contribution in [1.82, 2.24) is 30.2 Å². The molecule has 8 unspecified atom stereocenters. The van der Waals surface area contributed by atoms with Crippen LogP contribution in [0.3, 0.4) is 0 Å². The highest BCUT2D eigenvalue weighted by molar-refractivity contribution is 8.13. The molecule has 11 N–H and O–H groups in total. The molecule has 0 radical (unpaired) electrons. The highest BCUT2D eigenvalue weighted by atomic mass is 32.2. The Labute approximate surface area is 329 Å². The topological polar surface area (TPSA) is 384 Å². The molecule has 8 atom stereocenters. The van der Waals surface area contributed by atoms with Crippen LogP contribution < -0.4 is 16.4 Å². The second kappa shape index (κ2) is 21.2. The van der Waals surface area contributed by atoms with Crippen molar-refractivity contribution in [2.75, 3.05) is 37.8 Å². The predicted octanol–water partition coefficient (Wildman–Crippen LogP) is -0.394. The van der Waals surface area contributed by atoms with Gasteiger partial charge in [0.25, 0.3) is 0 Å². The molecular formula is C28H48N7O18P3S. The van der Waals surface area contributed by atoms with Crippen molar-refractivity contribution in [3.63, 3.8) is 0 Å². The molecule has 0 bridgehead atoms. The highest BCUT2D eigenvalue weighted by Gasteiger charge is 2.50. The van der Waals surface area contributed by atoms with Crippen molar-refractivity contribution >= 4 is 69.1 Å². The van der Waals surface area contributed by atoms with Gasteiger partial charge >= 0.3 is 23.5 Å². The largest absolute Gasteiger partial charge is 0.481 e. The summed E-state index contributed by atoms with van der Waals surface area (Å²) in [5, 5.41) is 35.8.